The molecule has 20 heteroatoms. The average molecular weight is 1160 g/mol. The van der Waals surface area contributed by atoms with Crippen LogP contribution in [-0.2, 0) is 44.7 Å². The maximum Gasteiger partial charge on any atom is 0.295 e. The maximum absolute atomic E-state index is 14.1. The van der Waals surface area contributed by atoms with Crippen LogP contribution in [0.25, 0.3) is 0 Å². The van der Waals surface area contributed by atoms with Crippen molar-refractivity contribution >= 4 is 110 Å². The Balaban J connectivity index is 0.929. The zero-order chi connectivity index (χ0) is 52.3. The molecule has 0 fully saturated rings. The Morgan fingerprint density at radius 2 is 0.685 bits per heavy atom. The minimum Gasteiger partial charge on any atom is -0.282 e. The van der Waals surface area contributed by atoms with Gasteiger partial charge in [-0.25, -0.2) is 16.8 Å². The fourth-order valence-corrected chi connectivity index (χ4v) is 16.8. The molecule has 0 aliphatic heterocycles. The van der Waals surface area contributed by atoms with E-state index < -0.39 is 64.2 Å². The molecule has 0 aromatic heterocycles. The van der Waals surface area contributed by atoms with E-state index in [9.17, 15) is 42.8 Å². The molecule has 0 spiro atoms. The van der Waals surface area contributed by atoms with Crippen LogP contribution in [0.5, 0.6) is 0 Å². The van der Waals surface area contributed by atoms with Crippen molar-refractivity contribution in [1.29, 1.82) is 0 Å². The maximum atomic E-state index is 14.1. The molecule has 0 bridgehead atoms. The summed E-state index contributed by atoms with van der Waals surface area (Å²) in [5.74, 6) is 0. The van der Waals surface area contributed by atoms with Gasteiger partial charge >= 0.3 is 0 Å². The van der Waals surface area contributed by atoms with E-state index in [0.717, 1.165) is 68.6 Å². The van der Waals surface area contributed by atoms with E-state index in [4.69, 9.17) is 0 Å². The van der Waals surface area contributed by atoms with Crippen molar-refractivity contribution in [3.8, 4) is 0 Å². The summed E-state index contributed by atoms with van der Waals surface area (Å²) in [6.45, 7) is 5.39. The molecule has 376 valence electrons. The molecule has 8 aromatic rings. The Bertz CT molecular complexity index is 3760. The summed E-state index contributed by atoms with van der Waals surface area (Å²) in [4.78, 5) is 6.50. The Morgan fingerprint density at radius 1 is 0.370 bits per heavy atom. The average Bonchev–Trinajstić information content (AvgIpc) is 3.35. The van der Waals surface area contributed by atoms with Crippen molar-refractivity contribution in [1.82, 2.24) is 0 Å². The minimum atomic E-state index is -5.00. The van der Waals surface area contributed by atoms with Gasteiger partial charge < -0.3 is 0 Å². The highest BCUT2D eigenvalue weighted by Gasteiger charge is 2.32. The first-order valence-electron chi connectivity index (χ1n) is 21.7. The van der Waals surface area contributed by atoms with Gasteiger partial charge in [-0.05, 0) is 196 Å². The van der Waals surface area contributed by atoms with E-state index in [1.807, 2.05) is 98.1 Å². The van der Waals surface area contributed by atoms with Crippen molar-refractivity contribution in [2.75, 3.05) is 6.26 Å². The van der Waals surface area contributed by atoms with Crippen molar-refractivity contribution in [3.63, 3.8) is 0 Å². The van der Waals surface area contributed by atoms with E-state index in [2.05, 4.69) is 0 Å². The second-order valence-electron chi connectivity index (χ2n) is 16.6. The number of hydrogen-bond acceptors (Lipinski definition) is 14. The number of hydrogen-bond donors (Lipinski definition) is 2. The molecule has 0 heterocycles. The van der Waals surface area contributed by atoms with Gasteiger partial charge in [0.05, 0.1) is 24.5 Å². The van der Waals surface area contributed by atoms with Gasteiger partial charge in [-0.3, -0.25) is 9.11 Å². The summed E-state index contributed by atoms with van der Waals surface area (Å²) in [6, 6.07) is 51.2. The molecule has 73 heavy (non-hydrogen) atoms. The molecule has 2 N–H and O–H groups in total. The van der Waals surface area contributed by atoms with Crippen molar-refractivity contribution in [2.24, 2.45) is 0 Å². The molecule has 0 amide bonds. The quantitative estimate of drug-likeness (QED) is 0.0612. The molecule has 8 rings (SSSR count). The van der Waals surface area contributed by atoms with Crippen LogP contribution in [0, 0.1) is 6.92 Å². The Kier molecular flexibility index (Phi) is 16.8. The number of thioether (sulfide) groups is 2. The summed E-state index contributed by atoms with van der Waals surface area (Å²) >= 11 is 8.56. The Hall–Kier alpha value is -4.42. The summed E-state index contributed by atoms with van der Waals surface area (Å²) < 4.78 is 125. The number of rotatable bonds is 18. The molecule has 0 aliphatic carbocycles. The lowest BCUT2D eigenvalue weighted by atomic mass is 10.0. The van der Waals surface area contributed by atoms with Crippen molar-refractivity contribution in [2.45, 2.75) is 104 Å². The van der Waals surface area contributed by atoms with Gasteiger partial charge in [0.15, 0.2) is 0 Å². The van der Waals surface area contributed by atoms with Gasteiger partial charge in [0.25, 0.3) is 20.2 Å². The normalized spacial score (nSPS) is 12.5. The summed E-state index contributed by atoms with van der Waals surface area (Å²) in [5.41, 5.74) is 1.11. The van der Waals surface area contributed by atoms with Gasteiger partial charge in [0, 0.05) is 53.7 Å². The second-order valence-corrected chi connectivity index (χ2v) is 30.4. The van der Waals surface area contributed by atoms with Crippen molar-refractivity contribution < 1.29 is 42.8 Å². The lowest BCUT2D eigenvalue weighted by Gasteiger charge is -2.27. The number of benzene rings is 8. The molecule has 0 saturated carbocycles. The van der Waals surface area contributed by atoms with E-state index in [1.54, 1.807) is 98.0 Å². The highest BCUT2D eigenvalue weighted by atomic mass is 32.2. The van der Waals surface area contributed by atoms with E-state index in [1.165, 1.54) is 59.6 Å². The Labute approximate surface area is 452 Å². The largest absolute Gasteiger partial charge is 0.295 e. The fourth-order valence-electron chi connectivity index (χ4n) is 7.25. The standard InChI is InChI=1S/C53H44O10S10/c1-35-5-25-45(26-6-35)70(54,55)46-27-23-42(24-28-46)67-39-13-11-38(12-14-39)66-41-19-21-44(22-20-41)69-53(2,3)49-31-29-47(33-51(49)72(58,59)60)71(56,57)48-30-32-50(52(34-48)73(61,62)63)68-43-17-15-40(16-18-43)65-37-9-7-36(64-4)8-10-37/h5-34H,1-4H3,(H,58,59,60)(H,61,62,63). The monoisotopic (exact) mass is 1160 g/mol. The minimum absolute atomic E-state index is 0.0649. The first-order valence-corrected chi connectivity index (χ1v) is 32.9. The molecule has 10 nitrogen and oxygen atoms in total. The van der Waals surface area contributed by atoms with E-state index in [-0.39, 0.29) is 20.2 Å². The van der Waals surface area contributed by atoms with Crippen LogP contribution in [-0.4, -0.2) is 49.0 Å². The Morgan fingerprint density at radius 3 is 1.10 bits per heavy atom. The number of sulfone groups is 2. The number of aryl methyl sites for hydroxylation is 1. The molecular formula is C53H44O10S10. The van der Waals surface area contributed by atoms with Gasteiger partial charge in [0.2, 0.25) is 19.7 Å². The highest BCUT2D eigenvalue weighted by Crippen LogP contribution is 2.45. The fraction of sp³-hybridized carbons (Fsp3) is 0.0943. The van der Waals surface area contributed by atoms with Crippen LogP contribution in [0.15, 0.2) is 260 Å². The van der Waals surface area contributed by atoms with Crippen LogP contribution >= 0.6 is 70.6 Å². The third-order valence-electron chi connectivity index (χ3n) is 11.0. The molecule has 0 saturated heterocycles. The zero-order valence-corrected chi connectivity index (χ0v) is 47.2. The van der Waals surface area contributed by atoms with E-state index in [0.29, 0.717) is 4.90 Å². The predicted octanol–water partition coefficient (Wildman–Crippen LogP) is 14.5. The highest BCUT2D eigenvalue weighted by molar-refractivity contribution is 8.01. The summed E-state index contributed by atoms with van der Waals surface area (Å²) in [7, 11) is -18.2. The third kappa shape index (κ3) is 13.5. The van der Waals surface area contributed by atoms with Gasteiger partial charge in [-0.1, -0.05) is 70.8 Å². The predicted molar refractivity (Wildman–Crippen MR) is 294 cm³/mol. The summed E-state index contributed by atoms with van der Waals surface area (Å²) in [5, 5.41) is 0. The van der Waals surface area contributed by atoms with Crippen LogP contribution in [0.1, 0.15) is 25.0 Å². The lowest BCUT2D eigenvalue weighted by Crippen LogP contribution is -2.18. The van der Waals surface area contributed by atoms with Crippen LogP contribution < -0.4 is 0 Å². The molecule has 0 aliphatic rings. The van der Waals surface area contributed by atoms with Gasteiger partial charge in [0.1, 0.15) is 4.90 Å². The first kappa shape index (κ1) is 54.8. The van der Waals surface area contributed by atoms with Crippen LogP contribution in [0.4, 0.5) is 0 Å². The zero-order valence-electron chi connectivity index (χ0n) is 39.1. The van der Waals surface area contributed by atoms with Crippen molar-refractivity contribution in [3.05, 3.63) is 193 Å². The van der Waals surface area contributed by atoms with Crippen LogP contribution in [0.3, 0.4) is 0 Å². The SMILES string of the molecule is CSc1ccc(Sc2ccc(Sc3ccc(S(=O)(=O)c4ccc(C(C)(C)Sc5ccc(Sc6ccc(Sc7ccc(S(=O)(=O)c8ccc(C)cc8)cc7)cc6)cc5)c(S(=O)(=O)O)c4)cc3S(=O)(=O)O)cc2)cc1. The third-order valence-corrected chi connectivity index (χ3v) is 22.6. The smallest absolute Gasteiger partial charge is 0.282 e. The molecule has 0 atom stereocenters. The topological polar surface area (TPSA) is 177 Å². The summed E-state index contributed by atoms with van der Waals surface area (Å²) in [6.07, 6.45) is 2.00. The first-order chi connectivity index (χ1) is 34.5. The second kappa shape index (κ2) is 22.4. The lowest BCUT2D eigenvalue weighted by molar-refractivity contribution is 0.478. The van der Waals surface area contributed by atoms with Gasteiger partial charge in [-0.2, -0.15) is 16.8 Å². The van der Waals surface area contributed by atoms with Gasteiger partial charge in [-0.15, -0.1) is 23.5 Å². The molecule has 0 radical (unpaired) electrons. The molecular weight excluding hydrogens is 1120 g/mol. The van der Waals surface area contributed by atoms with E-state index >= 15 is 0 Å². The molecule has 0 unspecified atom stereocenters. The van der Waals surface area contributed by atoms with Crippen LogP contribution in [0.2, 0.25) is 0 Å². The molecule has 8 aromatic carbocycles.